The molecule has 2 saturated carbocycles. The van der Waals surface area contributed by atoms with Gasteiger partial charge in [-0.1, -0.05) is 24.4 Å². The Labute approximate surface area is 123 Å². The van der Waals surface area contributed by atoms with Crippen LogP contribution in [-0.2, 0) is 9.59 Å². The Morgan fingerprint density at radius 2 is 1.86 bits per heavy atom. The van der Waals surface area contributed by atoms with Crippen LogP contribution >= 0.6 is 0 Å². The summed E-state index contributed by atoms with van der Waals surface area (Å²) in [5.74, 6) is -0.139. The number of aromatic nitrogens is 1. The first-order valence-electron chi connectivity index (χ1n) is 7.72. The van der Waals surface area contributed by atoms with Crippen LogP contribution < -0.4 is 5.32 Å². The normalized spacial score (nSPS) is 19.3. The summed E-state index contributed by atoms with van der Waals surface area (Å²) in [5, 5.41) is 6.22. The standard InChI is InChI=1S/C15H21N3O3/c1-10-9-13(17-21-10)16-14(19)15(20)18(12-7-8-12)11-5-3-2-4-6-11/h9,11-12H,2-8H2,1H3,(H,16,17,19). The fourth-order valence-corrected chi connectivity index (χ4v) is 3.05. The third-order valence-electron chi connectivity index (χ3n) is 4.21. The van der Waals surface area contributed by atoms with Crippen molar-refractivity contribution in [2.45, 2.75) is 64.0 Å². The Kier molecular flexibility index (Phi) is 3.94. The molecule has 3 rings (SSSR count). The van der Waals surface area contributed by atoms with Gasteiger partial charge in [-0.15, -0.1) is 0 Å². The van der Waals surface area contributed by atoms with Crippen LogP contribution in [0.4, 0.5) is 5.82 Å². The van der Waals surface area contributed by atoms with E-state index < -0.39 is 11.8 Å². The van der Waals surface area contributed by atoms with E-state index in [-0.39, 0.29) is 12.1 Å². The molecule has 2 fully saturated rings. The molecule has 0 bridgehead atoms. The van der Waals surface area contributed by atoms with Gasteiger partial charge >= 0.3 is 11.8 Å². The molecule has 0 saturated heterocycles. The number of hydrogen-bond acceptors (Lipinski definition) is 4. The zero-order valence-electron chi connectivity index (χ0n) is 12.3. The topological polar surface area (TPSA) is 75.4 Å². The van der Waals surface area contributed by atoms with Crippen LogP contribution in [0.3, 0.4) is 0 Å². The second-order valence-electron chi connectivity index (χ2n) is 6.01. The van der Waals surface area contributed by atoms with Crippen LogP contribution in [0.2, 0.25) is 0 Å². The second-order valence-corrected chi connectivity index (χ2v) is 6.01. The van der Waals surface area contributed by atoms with Gasteiger partial charge in [0.1, 0.15) is 5.76 Å². The molecule has 114 valence electrons. The lowest BCUT2D eigenvalue weighted by atomic mass is 9.94. The number of carbonyl (C=O) groups is 2. The van der Waals surface area contributed by atoms with Crippen molar-refractivity contribution in [1.29, 1.82) is 0 Å². The zero-order chi connectivity index (χ0) is 14.8. The molecule has 1 N–H and O–H groups in total. The van der Waals surface area contributed by atoms with Gasteiger partial charge in [0.25, 0.3) is 0 Å². The zero-order valence-corrected chi connectivity index (χ0v) is 12.3. The average Bonchev–Trinajstić information content (AvgIpc) is 3.23. The van der Waals surface area contributed by atoms with Crippen LogP contribution in [0.15, 0.2) is 10.6 Å². The molecule has 2 amide bonds. The minimum atomic E-state index is -0.610. The lowest BCUT2D eigenvalue weighted by molar-refractivity contribution is -0.145. The van der Waals surface area contributed by atoms with Gasteiger partial charge in [-0.25, -0.2) is 0 Å². The summed E-state index contributed by atoms with van der Waals surface area (Å²) in [6, 6.07) is 2.08. The number of nitrogens with one attached hydrogen (secondary N) is 1. The first-order chi connectivity index (χ1) is 10.1. The highest BCUT2D eigenvalue weighted by atomic mass is 16.5. The Hall–Kier alpha value is -1.85. The SMILES string of the molecule is Cc1cc(NC(=O)C(=O)N(C2CCCCC2)C2CC2)no1. The van der Waals surface area contributed by atoms with E-state index in [0.717, 1.165) is 38.5 Å². The molecule has 2 aliphatic rings. The third kappa shape index (κ3) is 3.25. The molecule has 1 heterocycles. The van der Waals surface area contributed by atoms with E-state index in [1.54, 1.807) is 13.0 Å². The third-order valence-corrected chi connectivity index (χ3v) is 4.21. The van der Waals surface area contributed by atoms with Crippen molar-refractivity contribution < 1.29 is 14.1 Å². The molecule has 0 spiro atoms. The van der Waals surface area contributed by atoms with E-state index in [1.165, 1.54) is 6.42 Å². The maximum atomic E-state index is 12.5. The lowest BCUT2D eigenvalue weighted by Gasteiger charge is -2.34. The van der Waals surface area contributed by atoms with Gasteiger partial charge in [0.15, 0.2) is 5.82 Å². The van der Waals surface area contributed by atoms with Gasteiger partial charge in [-0.2, -0.15) is 0 Å². The maximum absolute atomic E-state index is 12.5. The molecule has 0 unspecified atom stereocenters. The van der Waals surface area contributed by atoms with Crippen LogP contribution in [0.25, 0.3) is 0 Å². The summed E-state index contributed by atoms with van der Waals surface area (Å²) in [6.45, 7) is 1.74. The van der Waals surface area contributed by atoms with Gasteiger partial charge in [0.05, 0.1) is 0 Å². The number of rotatable bonds is 3. The highest BCUT2D eigenvalue weighted by molar-refractivity contribution is 6.39. The van der Waals surface area contributed by atoms with Gasteiger partial charge < -0.3 is 9.42 Å². The molecular weight excluding hydrogens is 270 g/mol. The van der Waals surface area contributed by atoms with Crippen LogP contribution in [-0.4, -0.2) is 34.0 Å². The maximum Gasteiger partial charge on any atom is 0.315 e. The summed E-state index contributed by atoms with van der Waals surface area (Å²) in [6.07, 6.45) is 7.57. The van der Waals surface area contributed by atoms with Crippen molar-refractivity contribution >= 4 is 17.6 Å². The van der Waals surface area contributed by atoms with Crippen LogP contribution in [0.1, 0.15) is 50.7 Å². The highest BCUT2D eigenvalue weighted by Crippen LogP contribution is 2.33. The average molecular weight is 291 g/mol. The molecule has 6 heteroatoms. The largest absolute Gasteiger partial charge is 0.360 e. The predicted octanol–water partition coefficient (Wildman–Crippen LogP) is 2.25. The summed E-state index contributed by atoms with van der Waals surface area (Å²) in [7, 11) is 0. The number of amides is 2. The van der Waals surface area contributed by atoms with E-state index in [0.29, 0.717) is 11.6 Å². The Morgan fingerprint density at radius 1 is 1.19 bits per heavy atom. The van der Waals surface area contributed by atoms with E-state index in [9.17, 15) is 9.59 Å². The number of hydrogen-bond donors (Lipinski definition) is 1. The number of aryl methyl sites for hydroxylation is 1. The molecule has 6 nitrogen and oxygen atoms in total. The minimum Gasteiger partial charge on any atom is -0.360 e. The quantitative estimate of drug-likeness (QED) is 0.867. The first-order valence-corrected chi connectivity index (χ1v) is 7.72. The molecule has 0 radical (unpaired) electrons. The van der Waals surface area contributed by atoms with Crippen molar-refractivity contribution in [1.82, 2.24) is 10.1 Å². The van der Waals surface area contributed by atoms with Gasteiger partial charge in [0.2, 0.25) is 0 Å². The van der Waals surface area contributed by atoms with E-state index >= 15 is 0 Å². The molecule has 0 aliphatic heterocycles. The van der Waals surface area contributed by atoms with Gasteiger partial charge in [-0.3, -0.25) is 14.9 Å². The van der Waals surface area contributed by atoms with Crippen molar-refractivity contribution in [2.75, 3.05) is 5.32 Å². The smallest absolute Gasteiger partial charge is 0.315 e. The van der Waals surface area contributed by atoms with Crippen LogP contribution in [0, 0.1) is 6.92 Å². The predicted molar refractivity (Wildman–Crippen MR) is 76.6 cm³/mol. The molecule has 0 atom stereocenters. The molecule has 21 heavy (non-hydrogen) atoms. The van der Waals surface area contributed by atoms with Crippen molar-refractivity contribution in [2.24, 2.45) is 0 Å². The summed E-state index contributed by atoms with van der Waals surface area (Å²) >= 11 is 0. The summed E-state index contributed by atoms with van der Waals surface area (Å²) in [4.78, 5) is 26.5. The van der Waals surface area contributed by atoms with E-state index in [1.807, 2.05) is 4.90 Å². The van der Waals surface area contributed by atoms with E-state index in [4.69, 9.17) is 4.52 Å². The van der Waals surface area contributed by atoms with Crippen molar-refractivity contribution in [3.05, 3.63) is 11.8 Å². The number of anilines is 1. The summed E-state index contributed by atoms with van der Waals surface area (Å²) < 4.78 is 4.89. The fourth-order valence-electron chi connectivity index (χ4n) is 3.05. The van der Waals surface area contributed by atoms with Gasteiger partial charge in [0, 0.05) is 18.2 Å². The fraction of sp³-hybridized carbons (Fsp3) is 0.667. The van der Waals surface area contributed by atoms with Crippen molar-refractivity contribution in [3.8, 4) is 0 Å². The Morgan fingerprint density at radius 3 is 2.43 bits per heavy atom. The van der Waals surface area contributed by atoms with E-state index in [2.05, 4.69) is 10.5 Å². The first kappa shape index (κ1) is 14.1. The molecule has 1 aromatic rings. The Balaban J connectivity index is 1.66. The monoisotopic (exact) mass is 291 g/mol. The lowest BCUT2D eigenvalue weighted by Crippen LogP contribution is -2.48. The van der Waals surface area contributed by atoms with Crippen LogP contribution in [0.5, 0.6) is 0 Å². The van der Waals surface area contributed by atoms with Gasteiger partial charge in [-0.05, 0) is 32.6 Å². The molecule has 0 aromatic carbocycles. The molecule has 2 aliphatic carbocycles. The van der Waals surface area contributed by atoms with Crippen molar-refractivity contribution in [3.63, 3.8) is 0 Å². The Bertz CT molecular complexity index is 530. The number of carbonyl (C=O) groups excluding carboxylic acids is 2. The number of nitrogens with zero attached hydrogens (tertiary/aromatic N) is 2. The molecule has 1 aromatic heterocycles. The minimum absolute atomic E-state index is 0.226. The molecular formula is C15H21N3O3. The highest BCUT2D eigenvalue weighted by Gasteiger charge is 2.40. The summed E-state index contributed by atoms with van der Waals surface area (Å²) in [5.41, 5.74) is 0. The second kappa shape index (κ2) is 5.87.